The van der Waals surface area contributed by atoms with Gasteiger partial charge in [-0.2, -0.15) is 5.26 Å². The lowest BCUT2D eigenvalue weighted by atomic mass is 10.1. The van der Waals surface area contributed by atoms with Crippen LogP contribution in [0.4, 0.5) is 0 Å². The van der Waals surface area contributed by atoms with Gasteiger partial charge in [0.25, 0.3) is 11.8 Å². The van der Waals surface area contributed by atoms with E-state index in [-0.39, 0.29) is 12.2 Å². The number of hydrogen-bond donors (Lipinski definition) is 3. The predicted molar refractivity (Wildman–Crippen MR) is 97.6 cm³/mol. The Balaban J connectivity index is 1.95. The van der Waals surface area contributed by atoms with Crippen molar-refractivity contribution in [2.24, 2.45) is 0 Å². The molecule has 0 saturated carbocycles. The van der Waals surface area contributed by atoms with E-state index in [0.717, 1.165) is 25.1 Å². The van der Waals surface area contributed by atoms with Gasteiger partial charge in [-0.15, -0.1) is 0 Å². The smallest absolute Gasteiger partial charge is 0.269 e. The number of aromatic nitrogens is 2. The Hall–Kier alpha value is -3.18. The second-order valence-electron chi connectivity index (χ2n) is 6.21. The second kappa shape index (κ2) is 9.50. The Morgan fingerprint density at radius 1 is 1.41 bits per heavy atom. The fourth-order valence-corrected chi connectivity index (χ4v) is 2.52. The molecule has 142 valence electrons. The van der Waals surface area contributed by atoms with Crippen molar-refractivity contribution in [1.29, 1.82) is 5.26 Å². The molecule has 8 nitrogen and oxygen atoms in total. The lowest BCUT2D eigenvalue weighted by molar-refractivity contribution is -0.169. The highest BCUT2D eigenvalue weighted by Crippen LogP contribution is 2.10. The molecule has 2 rings (SSSR count). The first kappa shape index (κ1) is 20.1. The van der Waals surface area contributed by atoms with Crippen molar-refractivity contribution in [2.75, 3.05) is 0 Å². The number of nitrogens with zero attached hydrogens (tertiary/aromatic N) is 3. The number of benzene rings is 1. The average molecular weight is 369 g/mol. The molecular formula is C19H23N5O3. The third kappa shape index (κ3) is 5.39. The number of nitriles is 1. The number of hydroxylamine groups is 2. The van der Waals surface area contributed by atoms with Crippen LogP contribution in [0.15, 0.2) is 30.5 Å². The van der Waals surface area contributed by atoms with Crippen LogP contribution < -0.4 is 5.32 Å². The average Bonchev–Trinajstić information content (AvgIpc) is 3.15. The van der Waals surface area contributed by atoms with E-state index < -0.39 is 17.9 Å². The lowest BCUT2D eigenvalue weighted by Gasteiger charge is -2.20. The van der Waals surface area contributed by atoms with E-state index in [1.54, 1.807) is 24.3 Å². The number of aromatic amines is 1. The van der Waals surface area contributed by atoms with Crippen LogP contribution in [-0.2, 0) is 17.8 Å². The highest BCUT2D eigenvalue weighted by molar-refractivity contribution is 5.95. The van der Waals surface area contributed by atoms with Crippen LogP contribution in [-0.4, -0.2) is 38.1 Å². The van der Waals surface area contributed by atoms with Crippen molar-refractivity contribution in [3.05, 3.63) is 53.1 Å². The molecule has 0 aliphatic rings. The van der Waals surface area contributed by atoms with Crippen molar-refractivity contribution < 1.29 is 14.8 Å². The molecule has 0 unspecified atom stereocenters. The van der Waals surface area contributed by atoms with Gasteiger partial charge >= 0.3 is 0 Å². The molecule has 8 heteroatoms. The minimum atomic E-state index is -0.945. The molecule has 0 fully saturated rings. The molecule has 1 aromatic carbocycles. The Kier molecular flexibility index (Phi) is 7.08. The summed E-state index contributed by atoms with van der Waals surface area (Å²) in [6, 6.07) is 7.74. The summed E-state index contributed by atoms with van der Waals surface area (Å²) >= 11 is 0. The molecule has 2 amide bonds. The Morgan fingerprint density at radius 2 is 2.15 bits per heavy atom. The molecule has 0 saturated heterocycles. The minimum absolute atomic E-state index is 0.145. The summed E-state index contributed by atoms with van der Waals surface area (Å²) in [5.41, 5.74) is 1.15. The molecule has 0 aliphatic carbocycles. The Bertz CT molecular complexity index is 840. The molecule has 2 aromatic rings. The molecule has 0 aliphatic heterocycles. The van der Waals surface area contributed by atoms with Crippen LogP contribution in [0.1, 0.15) is 54.1 Å². The normalized spacial score (nSPS) is 11.5. The number of H-pyrrole nitrogens is 1. The fraction of sp³-hybridized carbons (Fsp3) is 0.368. The molecule has 0 bridgehead atoms. The summed E-state index contributed by atoms with van der Waals surface area (Å²) < 4.78 is 0. The standard InChI is InChI=1S/C19H23N5O3/c1-3-4-9-17-21-11-16(23-17)18(25)22-13(2)19(26)24(27)12-15-8-6-5-7-14(15)10-20/h5-8,11,13,27H,3-4,9,12H2,1-2H3,(H,21,23)(H,22,25)/t13-/m1/s1. The van der Waals surface area contributed by atoms with Crippen molar-refractivity contribution >= 4 is 11.8 Å². The van der Waals surface area contributed by atoms with Gasteiger partial charge < -0.3 is 10.3 Å². The molecule has 0 spiro atoms. The third-order valence-corrected chi connectivity index (χ3v) is 4.07. The molecule has 1 atom stereocenters. The third-order valence-electron chi connectivity index (χ3n) is 4.07. The van der Waals surface area contributed by atoms with E-state index >= 15 is 0 Å². The largest absolute Gasteiger partial charge is 0.339 e. The zero-order valence-corrected chi connectivity index (χ0v) is 15.4. The Morgan fingerprint density at radius 3 is 2.85 bits per heavy atom. The van der Waals surface area contributed by atoms with Gasteiger partial charge in [-0.25, -0.2) is 10.0 Å². The monoisotopic (exact) mass is 369 g/mol. The number of rotatable bonds is 8. The van der Waals surface area contributed by atoms with Crippen molar-refractivity contribution in [1.82, 2.24) is 20.3 Å². The quantitative estimate of drug-likeness (QED) is 0.486. The number of aryl methyl sites for hydroxylation is 1. The van der Waals surface area contributed by atoms with Crippen molar-refractivity contribution in [3.63, 3.8) is 0 Å². The maximum atomic E-state index is 12.3. The topological polar surface area (TPSA) is 122 Å². The fourth-order valence-electron chi connectivity index (χ4n) is 2.52. The van der Waals surface area contributed by atoms with Gasteiger partial charge in [0.05, 0.1) is 24.4 Å². The number of carbonyl (C=O) groups is 2. The van der Waals surface area contributed by atoms with Crippen LogP contribution in [0.2, 0.25) is 0 Å². The predicted octanol–water partition coefficient (Wildman–Crippen LogP) is 2.16. The van der Waals surface area contributed by atoms with E-state index in [4.69, 9.17) is 5.26 Å². The molecule has 1 aromatic heterocycles. The van der Waals surface area contributed by atoms with Crippen molar-refractivity contribution in [3.8, 4) is 6.07 Å². The maximum Gasteiger partial charge on any atom is 0.269 e. The van der Waals surface area contributed by atoms with Crippen LogP contribution in [0.25, 0.3) is 0 Å². The molecule has 3 N–H and O–H groups in total. The first-order chi connectivity index (χ1) is 13.0. The number of amides is 2. The van der Waals surface area contributed by atoms with Gasteiger partial charge in [0, 0.05) is 6.42 Å². The van der Waals surface area contributed by atoms with Gasteiger partial charge in [0.1, 0.15) is 17.6 Å². The minimum Gasteiger partial charge on any atom is -0.339 e. The Labute approximate surface area is 157 Å². The van der Waals surface area contributed by atoms with E-state index in [0.29, 0.717) is 16.2 Å². The molecule has 0 radical (unpaired) electrons. The zero-order chi connectivity index (χ0) is 19.8. The van der Waals surface area contributed by atoms with E-state index in [1.165, 1.54) is 13.1 Å². The van der Waals surface area contributed by atoms with Gasteiger partial charge in [0.2, 0.25) is 0 Å². The van der Waals surface area contributed by atoms with Crippen LogP contribution in [0, 0.1) is 11.3 Å². The first-order valence-corrected chi connectivity index (χ1v) is 8.79. The summed E-state index contributed by atoms with van der Waals surface area (Å²) in [5.74, 6) is -0.434. The van der Waals surface area contributed by atoms with E-state index in [9.17, 15) is 14.8 Å². The van der Waals surface area contributed by atoms with E-state index in [1.807, 2.05) is 6.07 Å². The summed E-state index contributed by atoms with van der Waals surface area (Å²) in [5, 5.41) is 22.2. The summed E-state index contributed by atoms with van der Waals surface area (Å²) in [4.78, 5) is 31.6. The number of imidazole rings is 1. The van der Waals surface area contributed by atoms with E-state index in [2.05, 4.69) is 22.2 Å². The van der Waals surface area contributed by atoms with Gasteiger partial charge in [-0.05, 0) is 25.0 Å². The number of hydrogen-bond acceptors (Lipinski definition) is 5. The van der Waals surface area contributed by atoms with Gasteiger partial charge in [-0.3, -0.25) is 14.8 Å². The molecular weight excluding hydrogens is 346 g/mol. The first-order valence-electron chi connectivity index (χ1n) is 8.79. The van der Waals surface area contributed by atoms with Crippen LogP contribution in [0.5, 0.6) is 0 Å². The summed E-state index contributed by atoms with van der Waals surface area (Å²) in [6.45, 7) is 3.40. The van der Waals surface area contributed by atoms with Crippen molar-refractivity contribution in [2.45, 2.75) is 45.7 Å². The second-order valence-corrected chi connectivity index (χ2v) is 6.21. The van der Waals surface area contributed by atoms with Gasteiger partial charge in [-0.1, -0.05) is 31.5 Å². The van der Waals surface area contributed by atoms with Crippen LogP contribution >= 0.6 is 0 Å². The highest BCUT2D eigenvalue weighted by Gasteiger charge is 2.23. The summed E-state index contributed by atoms with van der Waals surface area (Å²) in [7, 11) is 0. The molecule has 1 heterocycles. The summed E-state index contributed by atoms with van der Waals surface area (Å²) in [6.07, 6.45) is 4.17. The number of carbonyl (C=O) groups excluding carboxylic acids is 2. The van der Waals surface area contributed by atoms with Gasteiger partial charge in [0.15, 0.2) is 0 Å². The highest BCUT2D eigenvalue weighted by atomic mass is 16.5. The molecule has 27 heavy (non-hydrogen) atoms. The number of unbranched alkanes of at least 4 members (excludes halogenated alkanes) is 1. The van der Waals surface area contributed by atoms with Crippen LogP contribution in [0.3, 0.4) is 0 Å². The SMILES string of the molecule is CCCCc1ncc(C(=O)N[C@H](C)C(=O)N(O)Cc2ccccc2C#N)[nH]1. The zero-order valence-electron chi connectivity index (χ0n) is 15.4. The lowest BCUT2D eigenvalue weighted by Crippen LogP contribution is -2.45. The number of nitrogens with one attached hydrogen (secondary N) is 2. The maximum absolute atomic E-state index is 12.3.